The quantitative estimate of drug-likeness (QED) is 0.323. The number of hydrogen-bond acceptors (Lipinski definition) is 9. The molecule has 2 aliphatic rings. The smallest absolute Gasteiger partial charge is 0.259 e. The average Bonchev–Trinajstić information content (AvgIpc) is 3.45. The normalized spacial score (nSPS) is 27.7. The standard InChI is InChI=1S/C28H30BrF3N4O7/c1-13-5-15(29)9-16(6-13)36(20-3-4-42-12-21(20)38)28(40)27-26(41-2)24(25(39)22(11-37)43-27)35-10-19(33-34-35)14-7-17(30)23(32)18(31)8-14/h5-10,20-22,24-27,37-39H,3-4,11-12H2,1-2H3/t20-,21-,22-,24+,25+,26-,27-/m1/s1. The lowest BCUT2D eigenvalue weighted by atomic mass is 9.90. The van der Waals surface area contributed by atoms with E-state index < -0.39 is 72.6 Å². The van der Waals surface area contributed by atoms with Crippen LogP contribution in [0.5, 0.6) is 0 Å². The second-order valence-corrected chi connectivity index (χ2v) is 11.4. The van der Waals surface area contributed by atoms with Gasteiger partial charge in [0, 0.05) is 29.4 Å². The van der Waals surface area contributed by atoms with E-state index in [2.05, 4.69) is 26.2 Å². The zero-order valence-corrected chi connectivity index (χ0v) is 24.7. The summed E-state index contributed by atoms with van der Waals surface area (Å²) in [7, 11) is 1.30. The molecule has 0 saturated carbocycles. The zero-order valence-electron chi connectivity index (χ0n) is 23.1. The number of benzene rings is 2. The maximum atomic E-state index is 14.4. The molecule has 3 N–H and O–H groups in total. The van der Waals surface area contributed by atoms with Gasteiger partial charge in [-0.25, -0.2) is 17.9 Å². The number of aryl methyl sites for hydroxylation is 1. The van der Waals surface area contributed by atoms with Crippen LogP contribution in [0, 0.1) is 24.4 Å². The number of carbonyl (C=O) groups is 1. The minimum atomic E-state index is -1.64. The minimum Gasteiger partial charge on any atom is -0.394 e. The molecule has 2 aromatic carbocycles. The first-order valence-electron chi connectivity index (χ1n) is 13.4. The van der Waals surface area contributed by atoms with Gasteiger partial charge in [-0.1, -0.05) is 21.1 Å². The van der Waals surface area contributed by atoms with Gasteiger partial charge in [-0.3, -0.25) is 4.79 Å². The van der Waals surface area contributed by atoms with E-state index in [1.807, 2.05) is 13.0 Å². The number of halogens is 4. The molecule has 1 aromatic heterocycles. The maximum absolute atomic E-state index is 14.4. The van der Waals surface area contributed by atoms with Gasteiger partial charge in [-0.2, -0.15) is 0 Å². The number of methoxy groups -OCH3 is 1. The van der Waals surface area contributed by atoms with Crippen LogP contribution in [0.3, 0.4) is 0 Å². The molecule has 15 heteroatoms. The van der Waals surface area contributed by atoms with Crippen LogP contribution in [0.15, 0.2) is 41.0 Å². The van der Waals surface area contributed by atoms with Crippen molar-refractivity contribution in [1.29, 1.82) is 0 Å². The second kappa shape index (κ2) is 13.0. The van der Waals surface area contributed by atoms with E-state index in [0.29, 0.717) is 23.2 Å². The highest BCUT2D eigenvalue weighted by molar-refractivity contribution is 9.10. The molecule has 0 aliphatic carbocycles. The predicted octanol–water partition coefficient (Wildman–Crippen LogP) is 2.29. The maximum Gasteiger partial charge on any atom is 0.259 e. The molecule has 0 radical (unpaired) electrons. The number of aromatic nitrogens is 3. The van der Waals surface area contributed by atoms with Crippen molar-refractivity contribution in [3.8, 4) is 11.3 Å². The van der Waals surface area contributed by atoms with Gasteiger partial charge in [0.1, 0.15) is 30.0 Å². The van der Waals surface area contributed by atoms with Crippen LogP contribution in [0.1, 0.15) is 18.0 Å². The number of anilines is 1. The first-order valence-corrected chi connectivity index (χ1v) is 14.2. The molecule has 0 spiro atoms. The van der Waals surface area contributed by atoms with Gasteiger partial charge in [0.25, 0.3) is 5.91 Å². The molecule has 3 heterocycles. The van der Waals surface area contributed by atoms with Gasteiger partial charge in [0.2, 0.25) is 0 Å². The summed E-state index contributed by atoms with van der Waals surface area (Å²) in [6.45, 7) is 1.48. The summed E-state index contributed by atoms with van der Waals surface area (Å²) in [6.07, 6.45) is -4.83. The van der Waals surface area contributed by atoms with Crippen molar-refractivity contribution in [3.63, 3.8) is 0 Å². The van der Waals surface area contributed by atoms with Crippen molar-refractivity contribution < 1.29 is 47.5 Å². The number of nitrogens with zero attached hydrogens (tertiary/aromatic N) is 4. The first kappa shape index (κ1) is 31.5. The highest BCUT2D eigenvalue weighted by Crippen LogP contribution is 2.36. The van der Waals surface area contributed by atoms with E-state index in [-0.39, 0.29) is 17.9 Å². The first-order chi connectivity index (χ1) is 20.5. The second-order valence-electron chi connectivity index (χ2n) is 10.5. The Labute approximate surface area is 252 Å². The zero-order chi connectivity index (χ0) is 31.0. The van der Waals surface area contributed by atoms with Crippen molar-refractivity contribution >= 4 is 27.5 Å². The van der Waals surface area contributed by atoms with Gasteiger partial charge in [0.05, 0.1) is 31.6 Å². The predicted molar refractivity (Wildman–Crippen MR) is 149 cm³/mol. The van der Waals surface area contributed by atoms with Crippen LogP contribution < -0.4 is 4.90 Å². The largest absolute Gasteiger partial charge is 0.394 e. The number of amides is 1. The Morgan fingerprint density at radius 1 is 1.19 bits per heavy atom. The summed E-state index contributed by atoms with van der Waals surface area (Å²) >= 11 is 3.46. The van der Waals surface area contributed by atoms with Gasteiger partial charge in [0.15, 0.2) is 23.6 Å². The summed E-state index contributed by atoms with van der Waals surface area (Å²) in [5, 5.41) is 40.1. The molecule has 11 nitrogen and oxygen atoms in total. The van der Waals surface area contributed by atoms with Crippen LogP contribution in [0.2, 0.25) is 0 Å². The van der Waals surface area contributed by atoms with Crippen LogP contribution in [-0.4, -0.2) is 99.7 Å². The molecule has 0 unspecified atom stereocenters. The molecular formula is C28H30BrF3N4O7. The van der Waals surface area contributed by atoms with Gasteiger partial charge < -0.3 is 34.4 Å². The SMILES string of the molecule is CO[C@@H]1[C@@H](n2cc(-c3cc(F)c(F)c(F)c3)nn2)[C@@H](O)[C@@H](CO)O[C@H]1C(=O)N(c1cc(C)cc(Br)c1)[C@@H]1CCOC[C@H]1O. The number of aliphatic hydroxyl groups is 3. The highest BCUT2D eigenvalue weighted by atomic mass is 79.9. The Kier molecular flexibility index (Phi) is 9.51. The van der Waals surface area contributed by atoms with Crippen molar-refractivity contribution in [2.75, 3.05) is 31.8 Å². The molecule has 2 saturated heterocycles. The Bertz CT molecular complexity index is 1440. The van der Waals surface area contributed by atoms with Gasteiger partial charge >= 0.3 is 0 Å². The van der Waals surface area contributed by atoms with Crippen molar-refractivity contribution in [3.05, 3.63) is 64.0 Å². The number of aliphatic hydroxyl groups excluding tert-OH is 3. The van der Waals surface area contributed by atoms with Crippen LogP contribution in [0.4, 0.5) is 18.9 Å². The third-order valence-electron chi connectivity index (χ3n) is 7.64. The Balaban J connectivity index is 1.55. The van der Waals surface area contributed by atoms with E-state index >= 15 is 0 Å². The van der Waals surface area contributed by atoms with E-state index in [9.17, 15) is 33.3 Å². The lowest BCUT2D eigenvalue weighted by Gasteiger charge is -2.46. The van der Waals surface area contributed by atoms with Gasteiger partial charge in [-0.05, 0) is 49.2 Å². The van der Waals surface area contributed by atoms with E-state index in [1.165, 1.54) is 18.2 Å². The molecule has 43 heavy (non-hydrogen) atoms. The fraction of sp³-hybridized carbons (Fsp3) is 0.464. The number of carbonyl (C=O) groups excluding carboxylic acids is 1. The molecule has 0 bridgehead atoms. The summed E-state index contributed by atoms with van der Waals surface area (Å²) in [5.74, 6) is -5.10. The molecular weight excluding hydrogens is 641 g/mol. The molecule has 3 aromatic rings. The van der Waals surface area contributed by atoms with Crippen LogP contribution in [0.25, 0.3) is 11.3 Å². The summed E-state index contributed by atoms with van der Waals surface area (Å²) in [6, 6.07) is 4.98. The topological polar surface area (TPSA) is 139 Å². The molecule has 5 rings (SSSR count). The van der Waals surface area contributed by atoms with E-state index in [4.69, 9.17) is 14.2 Å². The molecule has 1 amide bonds. The molecule has 7 atom stereocenters. The fourth-order valence-electron chi connectivity index (χ4n) is 5.61. The summed E-state index contributed by atoms with van der Waals surface area (Å²) in [5.41, 5.74) is 1.13. The Morgan fingerprint density at radius 2 is 1.91 bits per heavy atom. The van der Waals surface area contributed by atoms with E-state index in [0.717, 1.165) is 22.4 Å². The third-order valence-corrected chi connectivity index (χ3v) is 8.10. The van der Waals surface area contributed by atoms with Crippen molar-refractivity contribution in [2.24, 2.45) is 0 Å². The lowest BCUT2D eigenvalue weighted by Crippen LogP contribution is -2.63. The number of ether oxygens (including phenoxy) is 3. The van der Waals surface area contributed by atoms with E-state index in [1.54, 1.807) is 12.1 Å². The highest BCUT2D eigenvalue weighted by Gasteiger charge is 2.52. The monoisotopic (exact) mass is 670 g/mol. The van der Waals surface area contributed by atoms with Crippen molar-refractivity contribution in [1.82, 2.24) is 15.0 Å². The fourth-order valence-corrected chi connectivity index (χ4v) is 6.20. The third kappa shape index (κ3) is 6.20. The molecule has 232 valence electrons. The number of hydrogen-bond donors (Lipinski definition) is 3. The van der Waals surface area contributed by atoms with Crippen LogP contribution in [-0.2, 0) is 19.0 Å². The molecule has 2 aliphatic heterocycles. The van der Waals surface area contributed by atoms with Crippen LogP contribution >= 0.6 is 15.9 Å². The number of rotatable bonds is 7. The Morgan fingerprint density at radius 3 is 2.53 bits per heavy atom. The average molecular weight is 671 g/mol. The Hall–Kier alpha value is -2.92. The minimum absolute atomic E-state index is 0.00751. The van der Waals surface area contributed by atoms with Crippen molar-refractivity contribution in [2.45, 2.75) is 55.9 Å². The lowest BCUT2D eigenvalue weighted by molar-refractivity contribution is -0.211. The summed E-state index contributed by atoms with van der Waals surface area (Å²) < 4.78 is 60.2. The summed E-state index contributed by atoms with van der Waals surface area (Å²) in [4.78, 5) is 15.9. The van der Waals surface area contributed by atoms with Gasteiger partial charge in [-0.15, -0.1) is 5.10 Å². The molecule has 2 fully saturated rings.